The minimum absolute atomic E-state index is 0.0794. The average molecular weight is 330 g/mol. The van der Waals surface area contributed by atoms with Crippen LogP contribution in [0, 0.1) is 0 Å². The number of hydrogen-bond acceptors (Lipinski definition) is 3. The van der Waals surface area contributed by atoms with E-state index in [0.717, 1.165) is 11.5 Å². The topological polar surface area (TPSA) is 32.3 Å². The van der Waals surface area contributed by atoms with Gasteiger partial charge in [0.25, 0.3) is 5.91 Å². The molecule has 0 aliphatic carbocycles. The van der Waals surface area contributed by atoms with Crippen molar-refractivity contribution in [2.45, 2.75) is 18.7 Å². The molecule has 0 unspecified atom stereocenters. The molecule has 0 aromatic heterocycles. The number of benzene rings is 2. The molecule has 0 bridgehead atoms. The Morgan fingerprint density at radius 1 is 1.23 bits per heavy atom. The fraction of sp³-hybridized carbons (Fsp3) is 0.294. The molecule has 1 aliphatic heterocycles. The molecule has 1 aliphatic rings. The van der Waals surface area contributed by atoms with Gasteiger partial charge in [-0.3, -0.25) is 9.69 Å². The highest BCUT2D eigenvalue weighted by molar-refractivity contribution is 7.98. The number of nitrogens with one attached hydrogen (secondary N) is 1. The van der Waals surface area contributed by atoms with Gasteiger partial charge in [-0.05, 0) is 35.5 Å². The molecule has 1 heterocycles. The van der Waals surface area contributed by atoms with Gasteiger partial charge in [-0.25, -0.2) is 0 Å². The van der Waals surface area contributed by atoms with Crippen molar-refractivity contribution in [3.63, 3.8) is 0 Å². The summed E-state index contributed by atoms with van der Waals surface area (Å²) < 4.78 is 0. The van der Waals surface area contributed by atoms with Gasteiger partial charge in [0.15, 0.2) is 5.11 Å². The predicted molar refractivity (Wildman–Crippen MR) is 97.0 cm³/mol. The van der Waals surface area contributed by atoms with E-state index in [2.05, 4.69) is 47.8 Å². The second-order valence-corrected chi connectivity index (χ2v) is 6.84. The van der Waals surface area contributed by atoms with Gasteiger partial charge >= 0.3 is 0 Å². The molecular weight excluding hydrogens is 312 g/mol. The molecule has 0 saturated carbocycles. The molecule has 5 heteroatoms. The Kier molecular flexibility index (Phi) is 4.64. The number of thioether (sulfide) groups is 1. The van der Waals surface area contributed by atoms with Crippen LogP contribution in [0.4, 0.5) is 0 Å². The molecule has 2 aromatic rings. The molecule has 1 N–H and O–H groups in total. The van der Waals surface area contributed by atoms with Crippen molar-refractivity contribution >= 4 is 45.8 Å². The number of carbonyl (C=O) groups excluding carboxylic acids is 1. The van der Waals surface area contributed by atoms with Crippen LogP contribution in [-0.2, 0) is 10.5 Å². The van der Waals surface area contributed by atoms with Crippen LogP contribution in [0.3, 0.4) is 0 Å². The second kappa shape index (κ2) is 6.67. The van der Waals surface area contributed by atoms with Crippen molar-refractivity contribution in [2.75, 3.05) is 12.3 Å². The Balaban J connectivity index is 1.57. The third-order valence-corrected chi connectivity index (χ3v) is 5.14. The zero-order chi connectivity index (χ0) is 15.5. The van der Waals surface area contributed by atoms with Gasteiger partial charge in [0.05, 0.1) is 0 Å². The molecule has 22 heavy (non-hydrogen) atoms. The van der Waals surface area contributed by atoms with Crippen molar-refractivity contribution in [3.8, 4) is 0 Å². The smallest absolute Gasteiger partial charge is 0.251 e. The number of amides is 1. The van der Waals surface area contributed by atoms with Crippen LogP contribution in [0.25, 0.3) is 10.8 Å². The molecule has 1 fully saturated rings. The van der Waals surface area contributed by atoms with E-state index in [1.807, 2.05) is 18.7 Å². The monoisotopic (exact) mass is 330 g/mol. The third kappa shape index (κ3) is 3.10. The summed E-state index contributed by atoms with van der Waals surface area (Å²) in [5.41, 5.74) is 1.34. The normalized spacial score (nSPS) is 18.0. The Morgan fingerprint density at radius 2 is 2.00 bits per heavy atom. The first kappa shape index (κ1) is 15.3. The van der Waals surface area contributed by atoms with Crippen LogP contribution in [0.15, 0.2) is 42.5 Å². The molecule has 0 spiro atoms. The molecule has 3 rings (SSSR count). The zero-order valence-corrected chi connectivity index (χ0v) is 14.0. The van der Waals surface area contributed by atoms with Crippen molar-refractivity contribution in [3.05, 3.63) is 48.0 Å². The van der Waals surface area contributed by atoms with Gasteiger partial charge in [-0.2, -0.15) is 11.8 Å². The van der Waals surface area contributed by atoms with Crippen molar-refractivity contribution in [1.29, 1.82) is 0 Å². The fourth-order valence-electron chi connectivity index (χ4n) is 2.63. The van der Waals surface area contributed by atoms with Crippen LogP contribution in [0.2, 0.25) is 0 Å². The highest BCUT2D eigenvalue weighted by Gasteiger charge is 2.31. The summed E-state index contributed by atoms with van der Waals surface area (Å²) in [5, 5.41) is 6.14. The van der Waals surface area contributed by atoms with Gasteiger partial charge in [-0.15, -0.1) is 0 Å². The lowest BCUT2D eigenvalue weighted by Crippen LogP contribution is -2.33. The molecule has 1 amide bonds. The van der Waals surface area contributed by atoms with E-state index in [1.54, 1.807) is 4.90 Å². The fourth-order valence-corrected chi connectivity index (χ4v) is 3.91. The van der Waals surface area contributed by atoms with Crippen LogP contribution in [0.1, 0.15) is 12.5 Å². The summed E-state index contributed by atoms with van der Waals surface area (Å²) in [6.45, 7) is 2.52. The first-order chi connectivity index (χ1) is 10.7. The number of rotatable bonds is 5. The first-order valence-corrected chi connectivity index (χ1v) is 8.89. The number of hydrogen-bond donors (Lipinski definition) is 1. The third-order valence-electron chi connectivity index (χ3n) is 3.82. The molecule has 114 valence electrons. The molecule has 1 saturated heterocycles. The van der Waals surface area contributed by atoms with E-state index in [0.29, 0.717) is 11.7 Å². The summed E-state index contributed by atoms with van der Waals surface area (Å²) in [5.74, 6) is 1.90. The molecule has 1 atom stereocenters. The Bertz CT molecular complexity index is 711. The average Bonchev–Trinajstić information content (AvgIpc) is 2.77. The molecular formula is C17H18N2OS2. The lowest BCUT2D eigenvalue weighted by atomic mass is 10.1. The Hall–Kier alpha value is -1.59. The first-order valence-electron chi connectivity index (χ1n) is 7.33. The molecule has 2 aromatic carbocycles. The van der Waals surface area contributed by atoms with E-state index < -0.39 is 0 Å². The zero-order valence-electron chi connectivity index (χ0n) is 12.4. The van der Waals surface area contributed by atoms with Gasteiger partial charge in [0.2, 0.25) is 0 Å². The van der Waals surface area contributed by atoms with E-state index in [9.17, 15) is 4.79 Å². The van der Waals surface area contributed by atoms with Gasteiger partial charge in [0.1, 0.15) is 6.04 Å². The van der Waals surface area contributed by atoms with E-state index >= 15 is 0 Å². The number of fused-ring (bicyclic) bond motifs is 1. The highest BCUT2D eigenvalue weighted by Crippen LogP contribution is 2.23. The van der Waals surface area contributed by atoms with Crippen molar-refractivity contribution in [1.82, 2.24) is 10.2 Å². The number of thiocarbonyl (C=S) groups is 1. The van der Waals surface area contributed by atoms with Crippen LogP contribution in [-0.4, -0.2) is 34.3 Å². The van der Waals surface area contributed by atoms with Gasteiger partial charge in [0, 0.05) is 18.1 Å². The number of carbonyl (C=O) groups is 1. The standard InChI is InChI=1S/C17H18N2OS2/c1-12-16(20)19(17(21)18-12)9-10-22-11-14-7-4-6-13-5-2-3-8-15(13)14/h2-8,12H,9-11H2,1H3,(H,18,21)/t12-/m1/s1. The number of nitrogens with zero attached hydrogens (tertiary/aromatic N) is 1. The maximum atomic E-state index is 11.9. The molecule has 0 radical (unpaired) electrons. The predicted octanol–water partition coefficient (Wildman–Crippen LogP) is 3.18. The van der Waals surface area contributed by atoms with Gasteiger partial charge in [-0.1, -0.05) is 42.5 Å². The maximum Gasteiger partial charge on any atom is 0.251 e. The summed E-state index contributed by atoms with van der Waals surface area (Å²) in [4.78, 5) is 13.6. The summed E-state index contributed by atoms with van der Waals surface area (Å²) in [6.07, 6.45) is 0. The summed E-state index contributed by atoms with van der Waals surface area (Å²) in [7, 11) is 0. The Morgan fingerprint density at radius 3 is 2.77 bits per heavy atom. The Labute approximate surface area is 140 Å². The van der Waals surface area contributed by atoms with E-state index in [4.69, 9.17) is 12.2 Å². The lowest BCUT2D eigenvalue weighted by molar-refractivity contribution is -0.126. The second-order valence-electron chi connectivity index (χ2n) is 5.35. The van der Waals surface area contributed by atoms with Crippen LogP contribution >= 0.6 is 24.0 Å². The van der Waals surface area contributed by atoms with Crippen LogP contribution < -0.4 is 5.32 Å². The minimum Gasteiger partial charge on any atom is -0.351 e. The molecule has 3 nitrogen and oxygen atoms in total. The largest absolute Gasteiger partial charge is 0.351 e. The summed E-state index contributed by atoms with van der Waals surface area (Å²) in [6, 6.07) is 14.7. The van der Waals surface area contributed by atoms with Gasteiger partial charge < -0.3 is 5.32 Å². The minimum atomic E-state index is -0.185. The van der Waals surface area contributed by atoms with E-state index in [-0.39, 0.29) is 11.9 Å². The van der Waals surface area contributed by atoms with Crippen LogP contribution in [0.5, 0.6) is 0 Å². The quantitative estimate of drug-likeness (QED) is 0.674. The van der Waals surface area contributed by atoms with Crippen molar-refractivity contribution < 1.29 is 4.79 Å². The SMILES string of the molecule is C[C@H]1NC(=S)N(CCSCc2cccc3ccccc23)C1=O. The van der Waals surface area contributed by atoms with Crippen molar-refractivity contribution in [2.24, 2.45) is 0 Å². The highest BCUT2D eigenvalue weighted by atomic mass is 32.2. The maximum absolute atomic E-state index is 11.9. The van der Waals surface area contributed by atoms with E-state index in [1.165, 1.54) is 16.3 Å². The summed E-state index contributed by atoms with van der Waals surface area (Å²) >= 11 is 7.02. The lowest BCUT2D eigenvalue weighted by Gasteiger charge is -2.14.